The summed E-state index contributed by atoms with van der Waals surface area (Å²) in [7, 11) is 0. The number of rotatable bonds is 1. The van der Waals surface area contributed by atoms with Crippen LogP contribution in [0.2, 0.25) is 0 Å². The zero-order chi connectivity index (χ0) is 17.4. The van der Waals surface area contributed by atoms with E-state index in [2.05, 4.69) is 66.7 Å². The predicted octanol–water partition coefficient (Wildman–Crippen LogP) is 5.15. The Morgan fingerprint density at radius 2 is 1.35 bits per heavy atom. The fourth-order valence-corrected chi connectivity index (χ4v) is 3.01. The minimum Gasteiger partial charge on any atom is -0.339 e. The van der Waals surface area contributed by atoms with Crippen molar-refractivity contribution >= 4 is 5.91 Å². The quantitative estimate of drug-likeness (QED) is 0.701. The fraction of sp³-hybridized carbons (Fsp3) is 0.667. The third-order valence-electron chi connectivity index (χ3n) is 4.98. The predicted molar refractivity (Wildman–Crippen MR) is 98.1 cm³/mol. The van der Waals surface area contributed by atoms with Gasteiger partial charge in [-0.1, -0.05) is 54.5 Å². The third-order valence-corrected chi connectivity index (χ3v) is 4.98. The molecule has 0 aromatic heterocycles. The van der Waals surface area contributed by atoms with Crippen molar-refractivity contribution in [1.29, 1.82) is 0 Å². The van der Waals surface area contributed by atoms with Crippen LogP contribution in [0.4, 0.5) is 0 Å². The molecule has 128 valence electrons. The van der Waals surface area contributed by atoms with Crippen molar-refractivity contribution in [3.63, 3.8) is 0 Å². The standard InChI is InChI=1S/C21H33NO/c1-15-8-10-22(11-9-15)19(23)16-12-17(20(2,3)4)14-18(13-16)21(5,6)7/h12-15H,8-11H2,1-7H3. The summed E-state index contributed by atoms with van der Waals surface area (Å²) in [5.41, 5.74) is 3.45. The normalized spacial score (nSPS) is 17.4. The van der Waals surface area contributed by atoms with Gasteiger partial charge in [0.25, 0.3) is 5.91 Å². The van der Waals surface area contributed by atoms with Gasteiger partial charge in [0.05, 0.1) is 0 Å². The Bertz CT molecular complexity index is 534. The number of carbonyl (C=O) groups is 1. The van der Waals surface area contributed by atoms with Crippen molar-refractivity contribution in [2.75, 3.05) is 13.1 Å². The van der Waals surface area contributed by atoms with E-state index in [0.717, 1.165) is 37.4 Å². The average Bonchev–Trinajstić information content (AvgIpc) is 2.45. The van der Waals surface area contributed by atoms with E-state index in [1.807, 2.05) is 4.90 Å². The molecule has 0 unspecified atom stereocenters. The first-order chi connectivity index (χ1) is 10.5. The lowest BCUT2D eigenvalue weighted by Crippen LogP contribution is -2.38. The molecule has 0 spiro atoms. The van der Waals surface area contributed by atoms with Gasteiger partial charge in [-0.3, -0.25) is 4.79 Å². The van der Waals surface area contributed by atoms with Gasteiger partial charge in [0.1, 0.15) is 0 Å². The minimum absolute atomic E-state index is 0.0483. The number of benzene rings is 1. The number of likely N-dealkylation sites (tertiary alicyclic amines) is 1. The third kappa shape index (κ3) is 4.37. The maximum absolute atomic E-state index is 13.0. The second-order valence-corrected chi connectivity index (χ2v) is 9.27. The molecule has 1 aromatic carbocycles. The highest BCUT2D eigenvalue weighted by molar-refractivity contribution is 5.94. The van der Waals surface area contributed by atoms with Crippen LogP contribution < -0.4 is 0 Å². The summed E-state index contributed by atoms with van der Waals surface area (Å²) in [6.45, 7) is 17.3. The number of carbonyl (C=O) groups excluding carboxylic acids is 1. The van der Waals surface area contributed by atoms with E-state index in [4.69, 9.17) is 0 Å². The number of piperidine rings is 1. The minimum atomic E-state index is 0.0483. The van der Waals surface area contributed by atoms with E-state index in [-0.39, 0.29) is 16.7 Å². The molecule has 0 bridgehead atoms. The van der Waals surface area contributed by atoms with E-state index in [1.54, 1.807) is 0 Å². The molecule has 0 saturated carbocycles. The van der Waals surface area contributed by atoms with Gasteiger partial charge in [-0.2, -0.15) is 0 Å². The molecule has 0 atom stereocenters. The van der Waals surface area contributed by atoms with Gasteiger partial charge in [-0.25, -0.2) is 0 Å². The maximum Gasteiger partial charge on any atom is 0.253 e. The second-order valence-electron chi connectivity index (χ2n) is 9.27. The Kier molecular flexibility index (Phi) is 4.94. The smallest absolute Gasteiger partial charge is 0.253 e. The Balaban J connectivity index is 2.39. The largest absolute Gasteiger partial charge is 0.339 e. The highest BCUT2D eigenvalue weighted by atomic mass is 16.2. The molecule has 1 aliphatic heterocycles. The van der Waals surface area contributed by atoms with Gasteiger partial charge in [0.2, 0.25) is 0 Å². The second kappa shape index (κ2) is 6.30. The molecular weight excluding hydrogens is 282 g/mol. The van der Waals surface area contributed by atoms with Crippen molar-refractivity contribution < 1.29 is 4.79 Å². The van der Waals surface area contributed by atoms with E-state index in [9.17, 15) is 4.79 Å². The highest BCUT2D eigenvalue weighted by Gasteiger charge is 2.25. The number of nitrogens with zero attached hydrogens (tertiary/aromatic N) is 1. The van der Waals surface area contributed by atoms with E-state index in [1.165, 1.54) is 11.1 Å². The molecule has 23 heavy (non-hydrogen) atoms. The summed E-state index contributed by atoms with van der Waals surface area (Å²) in [5, 5.41) is 0. The van der Waals surface area contributed by atoms with Crippen LogP contribution in [0, 0.1) is 5.92 Å². The van der Waals surface area contributed by atoms with Crippen LogP contribution in [0.1, 0.15) is 82.8 Å². The Labute approximate surface area is 142 Å². The van der Waals surface area contributed by atoms with Crippen molar-refractivity contribution in [1.82, 2.24) is 4.90 Å². The first kappa shape index (κ1) is 18.0. The highest BCUT2D eigenvalue weighted by Crippen LogP contribution is 2.31. The lowest BCUT2D eigenvalue weighted by atomic mass is 9.79. The van der Waals surface area contributed by atoms with Gasteiger partial charge >= 0.3 is 0 Å². The van der Waals surface area contributed by atoms with Gasteiger partial charge in [0.15, 0.2) is 0 Å². The molecule has 2 rings (SSSR count). The monoisotopic (exact) mass is 315 g/mol. The van der Waals surface area contributed by atoms with Gasteiger partial charge in [-0.15, -0.1) is 0 Å². The van der Waals surface area contributed by atoms with Crippen LogP contribution in [0.5, 0.6) is 0 Å². The van der Waals surface area contributed by atoms with Crippen molar-refractivity contribution in [3.05, 3.63) is 34.9 Å². The Hall–Kier alpha value is -1.31. The summed E-state index contributed by atoms with van der Waals surface area (Å²) in [6, 6.07) is 6.49. The Morgan fingerprint density at radius 1 is 0.913 bits per heavy atom. The van der Waals surface area contributed by atoms with Crippen molar-refractivity contribution in [2.24, 2.45) is 5.92 Å². The lowest BCUT2D eigenvalue weighted by Gasteiger charge is -2.31. The first-order valence-corrected chi connectivity index (χ1v) is 8.94. The topological polar surface area (TPSA) is 20.3 Å². The molecule has 0 radical (unpaired) electrons. The molecule has 2 nitrogen and oxygen atoms in total. The molecule has 1 heterocycles. The molecule has 1 aliphatic rings. The molecule has 1 saturated heterocycles. The summed E-state index contributed by atoms with van der Waals surface area (Å²) in [5.74, 6) is 0.943. The molecule has 0 N–H and O–H groups in total. The molecule has 1 aromatic rings. The number of amides is 1. The summed E-state index contributed by atoms with van der Waals surface area (Å²) in [4.78, 5) is 15.0. The van der Waals surface area contributed by atoms with E-state index in [0.29, 0.717) is 0 Å². The van der Waals surface area contributed by atoms with Crippen LogP contribution in [0.3, 0.4) is 0 Å². The van der Waals surface area contributed by atoms with Crippen LogP contribution in [-0.2, 0) is 10.8 Å². The maximum atomic E-state index is 13.0. The van der Waals surface area contributed by atoms with Crippen LogP contribution >= 0.6 is 0 Å². The SMILES string of the molecule is CC1CCN(C(=O)c2cc(C(C)(C)C)cc(C(C)(C)C)c2)CC1. The number of hydrogen-bond donors (Lipinski definition) is 0. The first-order valence-electron chi connectivity index (χ1n) is 8.94. The van der Waals surface area contributed by atoms with Crippen LogP contribution in [0.25, 0.3) is 0 Å². The average molecular weight is 316 g/mol. The molecular formula is C21H33NO. The molecule has 1 amide bonds. The van der Waals surface area contributed by atoms with Gasteiger partial charge in [-0.05, 0) is 52.8 Å². The van der Waals surface area contributed by atoms with Crippen molar-refractivity contribution in [3.8, 4) is 0 Å². The van der Waals surface area contributed by atoms with Crippen LogP contribution in [-0.4, -0.2) is 23.9 Å². The van der Waals surface area contributed by atoms with E-state index < -0.39 is 0 Å². The Morgan fingerprint density at radius 3 is 1.74 bits per heavy atom. The summed E-state index contributed by atoms with van der Waals surface area (Å²) in [6.07, 6.45) is 2.24. The van der Waals surface area contributed by atoms with E-state index >= 15 is 0 Å². The summed E-state index contributed by atoms with van der Waals surface area (Å²) < 4.78 is 0. The lowest BCUT2D eigenvalue weighted by molar-refractivity contribution is 0.0697. The van der Waals surface area contributed by atoms with Crippen LogP contribution in [0.15, 0.2) is 18.2 Å². The molecule has 1 fully saturated rings. The van der Waals surface area contributed by atoms with Gasteiger partial charge in [0, 0.05) is 18.7 Å². The zero-order valence-corrected chi connectivity index (χ0v) is 16.0. The van der Waals surface area contributed by atoms with Crippen molar-refractivity contribution in [2.45, 2.75) is 72.1 Å². The number of hydrogen-bond acceptors (Lipinski definition) is 1. The zero-order valence-electron chi connectivity index (χ0n) is 16.0. The van der Waals surface area contributed by atoms with Gasteiger partial charge < -0.3 is 4.90 Å². The molecule has 2 heteroatoms. The fourth-order valence-electron chi connectivity index (χ4n) is 3.01. The summed E-state index contributed by atoms with van der Waals surface area (Å²) >= 11 is 0. The molecule has 0 aliphatic carbocycles.